The van der Waals surface area contributed by atoms with Crippen molar-refractivity contribution in [2.24, 2.45) is 12.8 Å². The lowest BCUT2D eigenvalue weighted by molar-refractivity contribution is 0.498. The van der Waals surface area contributed by atoms with Crippen molar-refractivity contribution in [2.75, 3.05) is 0 Å². The van der Waals surface area contributed by atoms with Gasteiger partial charge >= 0.3 is 0 Å². The summed E-state index contributed by atoms with van der Waals surface area (Å²) in [6.07, 6.45) is 0.999. The normalized spacial score (nSPS) is 12.3. The first-order valence-electron chi connectivity index (χ1n) is 5.68. The fourth-order valence-electron chi connectivity index (χ4n) is 2.13. The molecule has 1 aromatic carbocycles. The Kier molecular flexibility index (Phi) is 2.50. The van der Waals surface area contributed by atoms with Crippen LogP contribution in [0.1, 0.15) is 32.2 Å². The highest BCUT2D eigenvalue weighted by Gasteiger charge is 2.22. The van der Waals surface area contributed by atoms with Crippen LogP contribution >= 0.6 is 0 Å². The fourth-order valence-corrected chi connectivity index (χ4v) is 2.13. The predicted octanol–water partition coefficient (Wildman–Crippen LogP) is 2.33. The molecule has 2 aromatic rings. The van der Waals surface area contributed by atoms with Gasteiger partial charge < -0.3 is 10.3 Å². The predicted molar refractivity (Wildman–Crippen MR) is 67.3 cm³/mol. The Bertz CT molecular complexity index is 518. The minimum Gasteiger partial charge on any atom is -0.330 e. The molecular formula is C13H19N3. The zero-order chi connectivity index (χ0) is 11.9. The van der Waals surface area contributed by atoms with Crippen molar-refractivity contribution in [3.05, 3.63) is 29.6 Å². The Morgan fingerprint density at radius 1 is 1.38 bits per heavy atom. The van der Waals surface area contributed by atoms with Crippen LogP contribution in [0.15, 0.2) is 18.2 Å². The number of benzene rings is 1. The maximum absolute atomic E-state index is 6.13. The zero-order valence-corrected chi connectivity index (χ0v) is 10.4. The van der Waals surface area contributed by atoms with Gasteiger partial charge in [0.05, 0.1) is 16.6 Å². The van der Waals surface area contributed by atoms with E-state index in [2.05, 4.69) is 29.7 Å². The van der Waals surface area contributed by atoms with Gasteiger partial charge in [0.15, 0.2) is 0 Å². The van der Waals surface area contributed by atoms with E-state index >= 15 is 0 Å². The number of aromatic nitrogens is 2. The first kappa shape index (κ1) is 11.1. The molecule has 3 nitrogen and oxygen atoms in total. The summed E-state index contributed by atoms with van der Waals surface area (Å²) >= 11 is 0. The van der Waals surface area contributed by atoms with Gasteiger partial charge in [0.25, 0.3) is 0 Å². The van der Waals surface area contributed by atoms with Gasteiger partial charge in [-0.3, -0.25) is 0 Å². The minimum atomic E-state index is -0.404. The summed E-state index contributed by atoms with van der Waals surface area (Å²) in [5.41, 5.74) is 9.25. The van der Waals surface area contributed by atoms with Gasteiger partial charge in [0, 0.05) is 7.05 Å². The van der Waals surface area contributed by atoms with E-state index in [1.54, 1.807) is 0 Å². The van der Waals surface area contributed by atoms with Gasteiger partial charge in [-0.2, -0.15) is 0 Å². The molecule has 0 unspecified atom stereocenters. The lowest BCUT2D eigenvalue weighted by Gasteiger charge is -2.17. The number of fused-ring (bicyclic) bond motifs is 1. The van der Waals surface area contributed by atoms with E-state index in [0.717, 1.165) is 23.3 Å². The van der Waals surface area contributed by atoms with Crippen molar-refractivity contribution in [1.82, 2.24) is 9.55 Å². The topological polar surface area (TPSA) is 43.8 Å². The molecule has 0 atom stereocenters. The van der Waals surface area contributed by atoms with Crippen LogP contribution in [0.25, 0.3) is 11.0 Å². The van der Waals surface area contributed by atoms with Gasteiger partial charge in [0.2, 0.25) is 0 Å². The molecule has 1 aromatic heterocycles. The maximum atomic E-state index is 6.13. The summed E-state index contributed by atoms with van der Waals surface area (Å²) in [6.45, 7) is 6.12. The van der Waals surface area contributed by atoms with Crippen molar-refractivity contribution < 1.29 is 0 Å². The number of hydrogen-bond donors (Lipinski definition) is 1. The fraction of sp³-hybridized carbons (Fsp3) is 0.462. The van der Waals surface area contributed by atoms with Crippen LogP contribution in [0, 0.1) is 0 Å². The van der Waals surface area contributed by atoms with E-state index in [4.69, 9.17) is 10.7 Å². The van der Waals surface area contributed by atoms with Gasteiger partial charge in [0.1, 0.15) is 5.82 Å². The highest BCUT2D eigenvalue weighted by Crippen LogP contribution is 2.24. The quantitative estimate of drug-likeness (QED) is 0.839. The van der Waals surface area contributed by atoms with Crippen LogP contribution in [0.4, 0.5) is 0 Å². The van der Waals surface area contributed by atoms with E-state index in [-0.39, 0.29) is 0 Å². The highest BCUT2D eigenvalue weighted by atomic mass is 15.1. The Hall–Kier alpha value is -1.35. The van der Waals surface area contributed by atoms with Crippen molar-refractivity contribution in [3.63, 3.8) is 0 Å². The molecule has 0 aliphatic heterocycles. The molecule has 0 fully saturated rings. The molecule has 3 heteroatoms. The lowest BCUT2D eigenvalue weighted by atomic mass is 10.1. The van der Waals surface area contributed by atoms with E-state index in [1.165, 1.54) is 5.56 Å². The van der Waals surface area contributed by atoms with Crippen molar-refractivity contribution >= 4 is 11.0 Å². The second kappa shape index (κ2) is 3.59. The van der Waals surface area contributed by atoms with E-state index < -0.39 is 5.54 Å². The Balaban J connectivity index is 2.77. The van der Waals surface area contributed by atoms with E-state index in [1.807, 2.05) is 20.9 Å². The van der Waals surface area contributed by atoms with Gasteiger partial charge in [-0.05, 0) is 31.9 Å². The number of para-hydroxylation sites is 1. The maximum Gasteiger partial charge on any atom is 0.129 e. The number of imidazole rings is 1. The summed E-state index contributed by atoms with van der Waals surface area (Å²) in [4.78, 5) is 4.69. The van der Waals surface area contributed by atoms with Crippen LogP contribution in [0.3, 0.4) is 0 Å². The Morgan fingerprint density at radius 2 is 2.06 bits per heavy atom. The summed E-state index contributed by atoms with van der Waals surface area (Å²) < 4.78 is 2.09. The first-order chi connectivity index (χ1) is 7.45. The number of nitrogens with two attached hydrogens (primary N) is 1. The smallest absolute Gasteiger partial charge is 0.129 e. The molecule has 2 N–H and O–H groups in total. The second-order valence-corrected chi connectivity index (χ2v) is 4.85. The molecule has 0 saturated carbocycles. The molecule has 0 aliphatic carbocycles. The summed E-state index contributed by atoms with van der Waals surface area (Å²) in [6, 6.07) is 6.30. The minimum absolute atomic E-state index is 0.404. The largest absolute Gasteiger partial charge is 0.330 e. The van der Waals surface area contributed by atoms with Crippen LogP contribution in [-0.4, -0.2) is 9.55 Å². The van der Waals surface area contributed by atoms with Gasteiger partial charge in [-0.1, -0.05) is 19.1 Å². The average molecular weight is 217 g/mol. The molecule has 86 valence electrons. The summed E-state index contributed by atoms with van der Waals surface area (Å²) in [5, 5.41) is 0. The highest BCUT2D eigenvalue weighted by molar-refractivity contribution is 5.79. The molecule has 0 aliphatic rings. The first-order valence-corrected chi connectivity index (χ1v) is 5.68. The van der Waals surface area contributed by atoms with Crippen LogP contribution in [-0.2, 0) is 19.0 Å². The molecular weight excluding hydrogens is 198 g/mol. The van der Waals surface area contributed by atoms with E-state index in [0.29, 0.717) is 0 Å². The van der Waals surface area contributed by atoms with Crippen molar-refractivity contribution in [2.45, 2.75) is 32.7 Å². The van der Waals surface area contributed by atoms with Crippen LogP contribution in [0.5, 0.6) is 0 Å². The van der Waals surface area contributed by atoms with Gasteiger partial charge in [-0.25, -0.2) is 4.98 Å². The third kappa shape index (κ3) is 1.61. The molecule has 0 amide bonds. The van der Waals surface area contributed by atoms with Crippen LogP contribution in [0.2, 0.25) is 0 Å². The SMILES string of the molecule is CCc1cccc2c1nc(C(C)(C)N)n2C. The third-order valence-corrected chi connectivity index (χ3v) is 2.95. The van der Waals surface area contributed by atoms with Crippen LogP contribution < -0.4 is 5.73 Å². The molecule has 0 saturated heterocycles. The second-order valence-electron chi connectivity index (χ2n) is 4.85. The van der Waals surface area contributed by atoms with Gasteiger partial charge in [-0.15, -0.1) is 0 Å². The molecule has 0 spiro atoms. The van der Waals surface area contributed by atoms with Crippen molar-refractivity contribution in [1.29, 1.82) is 0 Å². The number of nitrogens with zero attached hydrogens (tertiary/aromatic N) is 2. The van der Waals surface area contributed by atoms with E-state index in [9.17, 15) is 0 Å². The molecule has 2 rings (SSSR count). The number of aryl methyl sites for hydroxylation is 2. The molecule has 0 radical (unpaired) electrons. The zero-order valence-electron chi connectivity index (χ0n) is 10.4. The molecule has 1 heterocycles. The number of hydrogen-bond acceptors (Lipinski definition) is 2. The lowest BCUT2D eigenvalue weighted by Crippen LogP contribution is -2.32. The van der Waals surface area contributed by atoms with Crippen molar-refractivity contribution in [3.8, 4) is 0 Å². The molecule has 0 bridgehead atoms. The standard InChI is InChI=1S/C13H19N3/c1-5-9-7-6-8-10-11(9)15-12(16(10)4)13(2,3)14/h6-8H,5,14H2,1-4H3. The monoisotopic (exact) mass is 217 g/mol. The average Bonchev–Trinajstić information content (AvgIpc) is 2.56. The Morgan fingerprint density at radius 3 is 2.62 bits per heavy atom. The Labute approximate surface area is 96.3 Å². The summed E-state index contributed by atoms with van der Waals surface area (Å²) in [5.74, 6) is 0.934. The molecule has 16 heavy (non-hydrogen) atoms. The summed E-state index contributed by atoms with van der Waals surface area (Å²) in [7, 11) is 2.03. The third-order valence-electron chi connectivity index (χ3n) is 2.95. The number of rotatable bonds is 2.